The summed E-state index contributed by atoms with van der Waals surface area (Å²) in [6.45, 7) is 13.7. The molecule has 4 heterocycles. The molecular formula is C20H33N7OS+2. The average molecular weight is 420 g/mol. The van der Waals surface area contributed by atoms with Gasteiger partial charge in [0.25, 0.3) is 5.82 Å². The van der Waals surface area contributed by atoms with E-state index in [1.807, 2.05) is 16.9 Å². The maximum absolute atomic E-state index is 5.85. The summed E-state index contributed by atoms with van der Waals surface area (Å²) in [4.78, 5) is 9.60. The molecule has 158 valence electrons. The Kier molecular flexibility index (Phi) is 6.46. The van der Waals surface area contributed by atoms with Crippen molar-refractivity contribution in [1.82, 2.24) is 14.3 Å². The first-order valence-corrected chi connectivity index (χ1v) is 11.1. The minimum atomic E-state index is 0.525. The summed E-state index contributed by atoms with van der Waals surface area (Å²) in [5, 5.41) is 4.96. The maximum Gasteiger partial charge on any atom is 0.274 e. The highest BCUT2D eigenvalue weighted by Gasteiger charge is 2.27. The molecular weight excluding hydrogens is 386 g/mol. The smallest absolute Gasteiger partial charge is 0.274 e. The van der Waals surface area contributed by atoms with E-state index in [1.165, 1.54) is 10.7 Å². The van der Waals surface area contributed by atoms with Gasteiger partial charge in [-0.2, -0.15) is 4.68 Å². The molecule has 0 atom stereocenters. The summed E-state index contributed by atoms with van der Waals surface area (Å²) in [6.07, 6.45) is 1.99. The Hall–Kier alpha value is -1.97. The van der Waals surface area contributed by atoms with Crippen LogP contribution in [0.4, 0.5) is 11.8 Å². The summed E-state index contributed by atoms with van der Waals surface area (Å²) in [5.74, 6) is 2.72. The molecule has 9 heteroatoms. The fourth-order valence-electron chi connectivity index (χ4n) is 4.07. The van der Waals surface area contributed by atoms with Crippen LogP contribution in [0.25, 0.3) is 0 Å². The van der Waals surface area contributed by atoms with E-state index in [9.17, 15) is 0 Å². The molecule has 4 rings (SSSR count). The number of nitrogens with one attached hydrogen (secondary N) is 2. The number of rotatable bonds is 6. The second-order valence-electron chi connectivity index (χ2n) is 8.33. The number of hydrogen-bond acceptors (Lipinski definition) is 5. The van der Waals surface area contributed by atoms with Crippen molar-refractivity contribution in [3.05, 3.63) is 29.2 Å². The van der Waals surface area contributed by atoms with Crippen LogP contribution in [0, 0.1) is 10.7 Å². The van der Waals surface area contributed by atoms with Crippen molar-refractivity contribution in [2.75, 3.05) is 62.3 Å². The first kappa shape index (κ1) is 20.3. The standard InChI is InChI=1S/C20H31N7OS/c1-17(2)15-26-19(25-11-13-28-14-12-25)22-27(20(26)29)16-23-7-9-24(10-8-23)18-5-3-4-6-21-18/h3-6,17H,7-16H2,1-2H3/p+2. The van der Waals surface area contributed by atoms with Gasteiger partial charge in [-0.1, -0.05) is 19.9 Å². The molecule has 0 spiro atoms. The number of anilines is 2. The van der Waals surface area contributed by atoms with Crippen molar-refractivity contribution in [3.63, 3.8) is 0 Å². The van der Waals surface area contributed by atoms with Gasteiger partial charge in [0.15, 0.2) is 6.67 Å². The number of hydrogen-bond donors (Lipinski definition) is 1. The summed E-state index contributed by atoms with van der Waals surface area (Å²) < 4.78 is 10.6. The van der Waals surface area contributed by atoms with Crippen LogP contribution in [0.3, 0.4) is 0 Å². The lowest BCUT2D eigenvalue weighted by Gasteiger charge is -2.28. The molecule has 2 fully saturated rings. The minimum absolute atomic E-state index is 0.525. The van der Waals surface area contributed by atoms with Crippen LogP contribution in [-0.4, -0.2) is 66.8 Å². The molecule has 0 aromatic carbocycles. The van der Waals surface area contributed by atoms with Gasteiger partial charge in [-0.15, -0.1) is 5.10 Å². The zero-order valence-corrected chi connectivity index (χ0v) is 18.3. The van der Waals surface area contributed by atoms with E-state index in [0.717, 1.165) is 76.4 Å². The number of nitrogens with zero attached hydrogens (tertiary/aromatic N) is 5. The number of piperazine rings is 1. The second kappa shape index (κ2) is 9.23. The van der Waals surface area contributed by atoms with E-state index >= 15 is 0 Å². The third kappa shape index (κ3) is 4.79. The van der Waals surface area contributed by atoms with Gasteiger partial charge in [0.2, 0.25) is 10.7 Å². The van der Waals surface area contributed by atoms with Gasteiger partial charge in [-0.25, -0.2) is 4.98 Å². The first-order chi connectivity index (χ1) is 14.1. The van der Waals surface area contributed by atoms with Crippen molar-refractivity contribution in [1.29, 1.82) is 0 Å². The predicted molar refractivity (Wildman–Crippen MR) is 115 cm³/mol. The van der Waals surface area contributed by atoms with Crippen LogP contribution in [-0.2, 0) is 18.0 Å². The highest BCUT2D eigenvalue weighted by Crippen LogP contribution is 2.17. The Bertz CT molecular complexity index is 836. The zero-order chi connectivity index (χ0) is 20.2. The fraction of sp³-hybridized carbons (Fsp3) is 0.650. The Morgan fingerprint density at radius 1 is 1.14 bits per heavy atom. The molecule has 0 radical (unpaired) electrons. The highest BCUT2D eigenvalue weighted by molar-refractivity contribution is 7.71. The molecule has 2 aromatic heterocycles. The molecule has 2 aromatic rings. The molecule has 0 aliphatic carbocycles. The molecule has 0 unspecified atom stereocenters. The number of pyridine rings is 1. The fourth-order valence-corrected chi connectivity index (χ4v) is 4.33. The monoisotopic (exact) mass is 419 g/mol. The summed E-state index contributed by atoms with van der Waals surface area (Å²) in [6, 6.07) is 6.24. The highest BCUT2D eigenvalue weighted by atomic mass is 32.1. The van der Waals surface area contributed by atoms with Gasteiger partial charge >= 0.3 is 0 Å². The molecule has 0 saturated carbocycles. The number of morpholine rings is 1. The van der Waals surface area contributed by atoms with Gasteiger partial charge in [0.05, 0.1) is 19.4 Å². The minimum Gasteiger partial charge on any atom is -0.378 e. The number of ether oxygens (including phenoxy) is 1. The predicted octanol–water partition coefficient (Wildman–Crippen LogP) is 0.0834. The van der Waals surface area contributed by atoms with Crippen LogP contribution in [0.2, 0.25) is 0 Å². The molecule has 2 N–H and O–H groups in total. The number of quaternary nitrogens is 1. The Morgan fingerprint density at radius 3 is 2.55 bits per heavy atom. The largest absolute Gasteiger partial charge is 0.378 e. The SMILES string of the molecule is CC(C)Cn1c(N2CCOCC2)nn(C[NH+]2CCN(c3cccc[nH+]3)CC2)c1=S. The van der Waals surface area contributed by atoms with Crippen molar-refractivity contribution in [2.24, 2.45) is 5.92 Å². The molecule has 8 nitrogen and oxygen atoms in total. The summed E-state index contributed by atoms with van der Waals surface area (Å²) in [7, 11) is 0. The molecule has 2 aliphatic heterocycles. The summed E-state index contributed by atoms with van der Waals surface area (Å²) in [5.41, 5.74) is 0. The zero-order valence-electron chi connectivity index (χ0n) is 17.5. The lowest BCUT2D eigenvalue weighted by Crippen LogP contribution is -3.14. The van der Waals surface area contributed by atoms with Gasteiger partial charge in [0.1, 0.15) is 26.2 Å². The third-order valence-corrected chi connectivity index (χ3v) is 6.05. The van der Waals surface area contributed by atoms with Gasteiger partial charge < -0.3 is 14.5 Å². The summed E-state index contributed by atoms with van der Waals surface area (Å²) >= 11 is 5.85. The van der Waals surface area contributed by atoms with E-state index in [2.05, 4.69) is 45.3 Å². The topological polar surface area (TPSA) is 57.0 Å². The Morgan fingerprint density at radius 2 is 1.90 bits per heavy atom. The average Bonchev–Trinajstić information content (AvgIpc) is 3.05. The number of H-pyrrole nitrogens is 1. The molecule has 2 aliphatic rings. The van der Waals surface area contributed by atoms with Gasteiger partial charge in [0, 0.05) is 25.7 Å². The normalized spacial score (nSPS) is 18.6. The number of aromatic amines is 1. The first-order valence-electron chi connectivity index (χ1n) is 10.7. The second-order valence-corrected chi connectivity index (χ2v) is 8.69. The van der Waals surface area contributed by atoms with Crippen LogP contribution in [0.15, 0.2) is 24.4 Å². The van der Waals surface area contributed by atoms with Crippen LogP contribution >= 0.6 is 12.2 Å². The van der Waals surface area contributed by atoms with E-state index in [-0.39, 0.29) is 0 Å². The van der Waals surface area contributed by atoms with E-state index < -0.39 is 0 Å². The quantitative estimate of drug-likeness (QED) is 0.673. The number of aromatic nitrogens is 4. The van der Waals surface area contributed by atoms with Crippen LogP contribution in [0.1, 0.15) is 13.8 Å². The Labute approximate surface area is 177 Å². The Balaban J connectivity index is 1.46. The van der Waals surface area contributed by atoms with Gasteiger partial charge in [-0.3, -0.25) is 9.47 Å². The van der Waals surface area contributed by atoms with Crippen molar-refractivity contribution in [2.45, 2.75) is 27.1 Å². The van der Waals surface area contributed by atoms with Crippen molar-refractivity contribution < 1.29 is 14.6 Å². The van der Waals surface area contributed by atoms with Crippen molar-refractivity contribution in [3.8, 4) is 0 Å². The van der Waals surface area contributed by atoms with E-state index in [4.69, 9.17) is 22.1 Å². The molecule has 2 saturated heterocycles. The van der Waals surface area contributed by atoms with Crippen LogP contribution < -0.4 is 19.7 Å². The third-order valence-electron chi connectivity index (χ3n) is 5.62. The van der Waals surface area contributed by atoms with Crippen molar-refractivity contribution >= 4 is 24.0 Å². The molecule has 0 amide bonds. The molecule has 0 bridgehead atoms. The van der Waals surface area contributed by atoms with E-state index in [1.54, 1.807) is 0 Å². The lowest BCUT2D eigenvalue weighted by atomic mass is 10.2. The molecule has 29 heavy (non-hydrogen) atoms. The lowest BCUT2D eigenvalue weighted by molar-refractivity contribution is -0.924. The van der Waals surface area contributed by atoms with Gasteiger partial charge in [-0.05, 0) is 24.2 Å². The van der Waals surface area contributed by atoms with E-state index in [0.29, 0.717) is 5.92 Å². The van der Waals surface area contributed by atoms with Crippen LogP contribution in [0.5, 0.6) is 0 Å². The maximum atomic E-state index is 5.85.